The van der Waals surface area contributed by atoms with Crippen LogP contribution in [0.1, 0.15) is 16.6 Å². The first kappa shape index (κ1) is 11.9. The summed E-state index contributed by atoms with van der Waals surface area (Å²) in [6.07, 6.45) is 0. The molecule has 1 atom stereocenters. The SMILES string of the molecule is C[C@H](N)C(=O)N(C)CC(=O)c1cccs1. The van der Waals surface area contributed by atoms with Crippen LogP contribution in [0.2, 0.25) is 0 Å². The van der Waals surface area contributed by atoms with E-state index < -0.39 is 6.04 Å². The van der Waals surface area contributed by atoms with Crippen LogP contribution < -0.4 is 5.73 Å². The Kier molecular flexibility index (Phi) is 3.99. The van der Waals surface area contributed by atoms with Crippen LogP contribution in [0.5, 0.6) is 0 Å². The van der Waals surface area contributed by atoms with Gasteiger partial charge in [-0.25, -0.2) is 0 Å². The third-order valence-electron chi connectivity index (χ3n) is 1.94. The summed E-state index contributed by atoms with van der Waals surface area (Å²) < 4.78 is 0. The number of nitrogens with two attached hydrogens (primary N) is 1. The molecule has 0 fully saturated rings. The van der Waals surface area contributed by atoms with Gasteiger partial charge in [-0.2, -0.15) is 0 Å². The molecule has 0 unspecified atom stereocenters. The molecule has 0 aromatic carbocycles. The molecule has 1 aromatic heterocycles. The number of rotatable bonds is 4. The molecule has 0 aliphatic heterocycles. The van der Waals surface area contributed by atoms with Crippen molar-refractivity contribution in [3.63, 3.8) is 0 Å². The van der Waals surface area contributed by atoms with E-state index in [1.807, 2.05) is 11.4 Å². The summed E-state index contributed by atoms with van der Waals surface area (Å²) in [5.74, 6) is -0.276. The van der Waals surface area contributed by atoms with Crippen molar-refractivity contribution in [2.75, 3.05) is 13.6 Å². The van der Waals surface area contributed by atoms with Crippen molar-refractivity contribution in [2.45, 2.75) is 13.0 Å². The van der Waals surface area contributed by atoms with Crippen LogP contribution in [-0.4, -0.2) is 36.2 Å². The van der Waals surface area contributed by atoms with E-state index in [0.29, 0.717) is 4.88 Å². The fourth-order valence-corrected chi connectivity index (χ4v) is 1.81. The van der Waals surface area contributed by atoms with Gasteiger partial charge in [0.2, 0.25) is 5.91 Å². The lowest BCUT2D eigenvalue weighted by molar-refractivity contribution is -0.130. The minimum Gasteiger partial charge on any atom is -0.337 e. The third kappa shape index (κ3) is 3.14. The van der Waals surface area contributed by atoms with Crippen LogP contribution in [0.3, 0.4) is 0 Å². The fourth-order valence-electron chi connectivity index (χ4n) is 1.16. The van der Waals surface area contributed by atoms with Crippen molar-refractivity contribution < 1.29 is 9.59 Å². The summed E-state index contributed by atoms with van der Waals surface area (Å²) in [5.41, 5.74) is 5.43. The number of hydrogen-bond donors (Lipinski definition) is 1. The first-order valence-corrected chi connectivity index (χ1v) is 5.47. The maximum absolute atomic E-state index is 11.6. The molecule has 0 radical (unpaired) electrons. The molecule has 82 valence electrons. The number of Topliss-reactive ketones (excluding diaryl/α,β-unsaturated/α-hetero) is 1. The topological polar surface area (TPSA) is 63.4 Å². The molecule has 4 nitrogen and oxygen atoms in total. The van der Waals surface area contributed by atoms with E-state index in [9.17, 15) is 9.59 Å². The summed E-state index contributed by atoms with van der Waals surface area (Å²) >= 11 is 1.37. The van der Waals surface area contributed by atoms with E-state index in [0.717, 1.165) is 0 Å². The zero-order valence-electron chi connectivity index (χ0n) is 8.77. The van der Waals surface area contributed by atoms with Crippen molar-refractivity contribution in [1.29, 1.82) is 0 Å². The van der Waals surface area contributed by atoms with Gasteiger partial charge in [0.05, 0.1) is 17.5 Å². The van der Waals surface area contributed by atoms with Gasteiger partial charge in [-0.1, -0.05) is 6.07 Å². The Hall–Kier alpha value is -1.20. The maximum atomic E-state index is 11.6. The van der Waals surface area contributed by atoms with Crippen LogP contribution in [0.4, 0.5) is 0 Å². The van der Waals surface area contributed by atoms with Gasteiger partial charge in [0, 0.05) is 7.05 Å². The zero-order chi connectivity index (χ0) is 11.4. The van der Waals surface area contributed by atoms with Gasteiger partial charge < -0.3 is 10.6 Å². The van der Waals surface area contributed by atoms with Crippen LogP contribution >= 0.6 is 11.3 Å². The average molecular weight is 226 g/mol. The van der Waals surface area contributed by atoms with Crippen molar-refractivity contribution >= 4 is 23.0 Å². The van der Waals surface area contributed by atoms with Crippen molar-refractivity contribution in [2.24, 2.45) is 5.73 Å². The van der Waals surface area contributed by atoms with E-state index in [1.165, 1.54) is 16.2 Å². The van der Waals surface area contributed by atoms with Crippen LogP contribution in [-0.2, 0) is 4.79 Å². The lowest BCUT2D eigenvalue weighted by Crippen LogP contribution is -2.41. The average Bonchev–Trinajstić information content (AvgIpc) is 2.68. The first-order chi connectivity index (χ1) is 7.02. The van der Waals surface area contributed by atoms with Gasteiger partial charge in [0.15, 0.2) is 5.78 Å². The standard InChI is InChI=1S/C10H14N2O2S/c1-7(11)10(14)12(2)6-8(13)9-4-3-5-15-9/h3-5,7H,6,11H2,1-2H3/t7-/m0/s1. The summed E-state index contributed by atoms with van der Waals surface area (Å²) in [6, 6.07) is 2.99. The van der Waals surface area contributed by atoms with Gasteiger partial charge in [-0.3, -0.25) is 9.59 Å². The first-order valence-electron chi connectivity index (χ1n) is 4.59. The molecule has 0 bridgehead atoms. The lowest BCUT2D eigenvalue weighted by Gasteiger charge is -2.17. The highest BCUT2D eigenvalue weighted by Crippen LogP contribution is 2.09. The Labute approximate surface area is 92.7 Å². The predicted octanol–water partition coefficient (Wildman–Crippen LogP) is 0.736. The normalized spacial score (nSPS) is 12.2. The van der Waals surface area contributed by atoms with E-state index in [1.54, 1.807) is 20.0 Å². The van der Waals surface area contributed by atoms with E-state index in [4.69, 9.17) is 5.73 Å². The second-order valence-electron chi connectivity index (χ2n) is 3.38. The molecule has 2 N–H and O–H groups in total. The number of ketones is 1. The van der Waals surface area contributed by atoms with Gasteiger partial charge in [-0.05, 0) is 18.4 Å². The number of carbonyl (C=O) groups is 2. The number of nitrogens with zero attached hydrogens (tertiary/aromatic N) is 1. The highest BCUT2D eigenvalue weighted by Gasteiger charge is 2.17. The summed E-state index contributed by atoms with van der Waals surface area (Å²) in [6.45, 7) is 1.69. The number of thiophene rings is 1. The molecule has 1 heterocycles. The predicted molar refractivity (Wildman–Crippen MR) is 59.9 cm³/mol. The Bertz CT molecular complexity index is 346. The van der Waals surface area contributed by atoms with Gasteiger partial charge in [0.1, 0.15) is 0 Å². The largest absolute Gasteiger partial charge is 0.337 e. The number of likely N-dealkylation sites (N-methyl/N-ethyl adjacent to an activating group) is 1. The Balaban J connectivity index is 2.56. The molecule has 5 heteroatoms. The molecule has 1 aromatic rings. The third-order valence-corrected chi connectivity index (χ3v) is 2.85. The molecule has 0 aliphatic rings. The van der Waals surface area contributed by atoms with Gasteiger partial charge in [0.25, 0.3) is 0 Å². The van der Waals surface area contributed by atoms with Crippen molar-refractivity contribution in [1.82, 2.24) is 4.90 Å². The van der Waals surface area contributed by atoms with Gasteiger partial charge >= 0.3 is 0 Å². The highest BCUT2D eigenvalue weighted by molar-refractivity contribution is 7.12. The number of hydrogen-bond acceptors (Lipinski definition) is 4. The quantitative estimate of drug-likeness (QED) is 0.770. The van der Waals surface area contributed by atoms with Crippen LogP contribution in [0, 0.1) is 0 Å². The molecule has 0 saturated heterocycles. The Morgan fingerprint density at radius 1 is 1.60 bits per heavy atom. The number of amides is 1. The number of carbonyl (C=O) groups excluding carboxylic acids is 2. The minimum absolute atomic E-state index is 0.0542. The molecular formula is C10H14N2O2S. The van der Waals surface area contributed by atoms with Crippen molar-refractivity contribution in [3.8, 4) is 0 Å². The monoisotopic (exact) mass is 226 g/mol. The molecular weight excluding hydrogens is 212 g/mol. The van der Waals surface area contributed by atoms with Gasteiger partial charge in [-0.15, -0.1) is 11.3 Å². The highest BCUT2D eigenvalue weighted by atomic mass is 32.1. The molecule has 1 rings (SSSR count). The van der Waals surface area contributed by atoms with Crippen LogP contribution in [0.25, 0.3) is 0 Å². The fraction of sp³-hybridized carbons (Fsp3) is 0.400. The minimum atomic E-state index is -0.564. The second-order valence-corrected chi connectivity index (χ2v) is 4.33. The Morgan fingerprint density at radius 2 is 2.27 bits per heavy atom. The lowest BCUT2D eigenvalue weighted by atomic mass is 10.2. The van der Waals surface area contributed by atoms with E-state index >= 15 is 0 Å². The second kappa shape index (κ2) is 5.04. The molecule has 0 spiro atoms. The zero-order valence-corrected chi connectivity index (χ0v) is 9.58. The molecule has 0 saturated carbocycles. The van der Waals surface area contributed by atoms with E-state index in [2.05, 4.69) is 0 Å². The van der Waals surface area contributed by atoms with Crippen molar-refractivity contribution in [3.05, 3.63) is 22.4 Å². The van der Waals surface area contributed by atoms with Crippen LogP contribution in [0.15, 0.2) is 17.5 Å². The van der Waals surface area contributed by atoms with E-state index in [-0.39, 0.29) is 18.2 Å². The smallest absolute Gasteiger partial charge is 0.239 e. The summed E-state index contributed by atoms with van der Waals surface area (Å²) in [5, 5.41) is 1.83. The molecule has 0 aliphatic carbocycles. The summed E-state index contributed by atoms with van der Waals surface area (Å²) in [7, 11) is 1.58. The molecule has 15 heavy (non-hydrogen) atoms. The summed E-state index contributed by atoms with van der Waals surface area (Å²) in [4.78, 5) is 25.0. The molecule has 1 amide bonds. The Morgan fingerprint density at radius 3 is 2.73 bits per heavy atom. The maximum Gasteiger partial charge on any atom is 0.239 e.